The summed E-state index contributed by atoms with van der Waals surface area (Å²) in [6.45, 7) is 2.96. The number of aliphatic hydroxyl groups is 2. The van der Waals surface area contributed by atoms with E-state index in [0.717, 1.165) is 32.4 Å². The molecular formula is C9H24Cl3N3O3. The Balaban J connectivity index is -0.000000327. The number of rotatable bonds is 9. The first-order valence-electron chi connectivity index (χ1n) is 5.23. The number of amides is 1. The van der Waals surface area contributed by atoms with Crippen LogP contribution in [0.5, 0.6) is 0 Å². The highest BCUT2D eigenvalue weighted by Crippen LogP contribution is 1.85. The zero-order valence-electron chi connectivity index (χ0n) is 10.1. The molecule has 0 unspecified atom stereocenters. The van der Waals surface area contributed by atoms with Crippen LogP contribution in [-0.4, -0.2) is 48.6 Å². The summed E-state index contributed by atoms with van der Waals surface area (Å²) in [7, 11) is 0. The number of unbranched alkanes of at least 4 members (excludes halogenated alkanes) is 1. The van der Waals surface area contributed by atoms with Crippen LogP contribution in [0.2, 0.25) is 0 Å². The second-order valence-electron chi connectivity index (χ2n) is 3.26. The standard InChI is InChI=1S/C9H21N3O3.3ClH/c10-4-3-6-11-5-1-2-7-12-8(13)9(14)15;;;/h9,11,14-15H,1-7,10H2,(H,12,13);3*1H. The molecule has 0 aliphatic carbocycles. The molecule has 0 saturated heterocycles. The molecule has 0 rings (SSSR count). The van der Waals surface area contributed by atoms with E-state index in [0.29, 0.717) is 13.1 Å². The first kappa shape index (κ1) is 26.7. The fraction of sp³-hybridized carbons (Fsp3) is 0.889. The summed E-state index contributed by atoms with van der Waals surface area (Å²) in [6.07, 6.45) is 0.807. The Morgan fingerprint density at radius 3 is 2.00 bits per heavy atom. The summed E-state index contributed by atoms with van der Waals surface area (Å²) in [6, 6.07) is 0. The summed E-state index contributed by atoms with van der Waals surface area (Å²) in [5, 5.41) is 22.5. The normalized spacial score (nSPS) is 8.89. The molecule has 6 N–H and O–H groups in total. The number of aliphatic hydroxyl groups excluding tert-OH is 1. The van der Waals surface area contributed by atoms with Crippen molar-refractivity contribution in [3.8, 4) is 0 Å². The van der Waals surface area contributed by atoms with E-state index in [-0.39, 0.29) is 37.2 Å². The topological polar surface area (TPSA) is 108 Å². The minimum atomic E-state index is -1.91. The minimum absolute atomic E-state index is 0. The van der Waals surface area contributed by atoms with Crippen molar-refractivity contribution >= 4 is 43.1 Å². The van der Waals surface area contributed by atoms with Gasteiger partial charge in [0.15, 0.2) is 0 Å². The van der Waals surface area contributed by atoms with E-state index in [1.54, 1.807) is 0 Å². The molecule has 0 aromatic heterocycles. The van der Waals surface area contributed by atoms with Crippen molar-refractivity contribution in [3.05, 3.63) is 0 Å². The van der Waals surface area contributed by atoms with Crippen LogP contribution in [0.25, 0.3) is 0 Å². The van der Waals surface area contributed by atoms with Gasteiger partial charge in [0.1, 0.15) is 0 Å². The molecule has 0 aliphatic heterocycles. The van der Waals surface area contributed by atoms with Crippen molar-refractivity contribution < 1.29 is 15.0 Å². The van der Waals surface area contributed by atoms with Crippen molar-refractivity contribution in [2.75, 3.05) is 26.2 Å². The van der Waals surface area contributed by atoms with Crippen LogP contribution in [0, 0.1) is 0 Å². The summed E-state index contributed by atoms with van der Waals surface area (Å²) in [4.78, 5) is 10.7. The Hall–Kier alpha value is 0.180. The Bertz CT molecular complexity index is 176. The number of carbonyl (C=O) groups excluding carboxylic acids is 1. The number of nitrogens with two attached hydrogens (primary N) is 1. The molecule has 0 spiro atoms. The van der Waals surface area contributed by atoms with Crippen LogP contribution < -0.4 is 16.4 Å². The maximum Gasteiger partial charge on any atom is 0.276 e. The molecule has 0 saturated carbocycles. The smallest absolute Gasteiger partial charge is 0.276 e. The van der Waals surface area contributed by atoms with Gasteiger partial charge in [0.2, 0.25) is 6.29 Å². The highest BCUT2D eigenvalue weighted by molar-refractivity contribution is 5.86. The Morgan fingerprint density at radius 1 is 1.00 bits per heavy atom. The van der Waals surface area contributed by atoms with E-state index in [2.05, 4.69) is 10.6 Å². The van der Waals surface area contributed by atoms with Gasteiger partial charge in [0.25, 0.3) is 5.91 Å². The van der Waals surface area contributed by atoms with Crippen molar-refractivity contribution in [2.45, 2.75) is 25.6 Å². The fourth-order valence-corrected chi connectivity index (χ4v) is 1.03. The predicted octanol–water partition coefficient (Wildman–Crippen LogP) is -0.603. The van der Waals surface area contributed by atoms with Gasteiger partial charge in [-0.3, -0.25) is 4.79 Å². The zero-order valence-corrected chi connectivity index (χ0v) is 12.6. The average molecular weight is 329 g/mol. The predicted molar refractivity (Wildman–Crippen MR) is 78.8 cm³/mol. The van der Waals surface area contributed by atoms with Gasteiger partial charge in [-0.1, -0.05) is 0 Å². The van der Waals surface area contributed by atoms with Crippen LogP contribution in [0.15, 0.2) is 0 Å². The van der Waals surface area contributed by atoms with E-state index in [1.807, 2.05) is 0 Å². The summed E-state index contributed by atoms with van der Waals surface area (Å²) in [5.41, 5.74) is 5.32. The highest BCUT2D eigenvalue weighted by Gasteiger charge is 2.08. The molecule has 114 valence electrons. The minimum Gasteiger partial charge on any atom is -0.361 e. The summed E-state index contributed by atoms with van der Waals surface area (Å²) >= 11 is 0. The SMILES string of the molecule is Cl.Cl.Cl.NCCCNCCCCNC(=O)C(O)O. The van der Waals surface area contributed by atoms with E-state index >= 15 is 0 Å². The van der Waals surface area contributed by atoms with Gasteiger partial charge < -0.3 is 26.6 Å². The van der Waals surface area contributed by atoms with Crippen molar-refractivity contribution in [2.24, 2.45) is 5.73 Å². The Morgan fingerprint density at radius 2 is 1.50 bits per heavy atom. The van der Waals surface area contributed by atoms with Gasteiger partial charge in [0.05, 0.1) is 0 Å². The Labute approximate surface area is 126 Å². The van der Waals surface area contributed by atoms with Gasteiger partial charge in [-0.25, -0.2) is 0 Å². The average Bonchev–Trinajstić information content (AvgIpc) is 2.21. The quantitative estimate of drug-likeness (QED) is 0.287. The summed E-state index contributed by atoms with van der Waals surface area (Å²) in [5.74, 6) is -0.744. The lowest BCUT2D eigenvalue weighted by molar-refractivity contribution is -0.147. The van der Waals surface area contributed by atoms with E-state index in [1.165, 1.54) is 0 Å². The monoisotopic (exact) mass is 327 g/mol. The van der Waals surface area contributed by atoms with E-state index in [4.69, 9.17) is 15.9 Å². The molecule has 9 heteroatoms. The maximum atomic E-state index is 10.7. The zero-order chi connectivity index (χ0) is 11.5. The number of carbonyl (C=O) groups is 1. The van der Waals surface area contributed by atoms with E-state index in [9.17, 15) is 4.79 Å². The second kappa shape index (κ2) is 19.5. The highest BCUT2D eigenvalue weighted by atomic mass is 35.5. The molecule has 1 amide bonds. The maximum absolute atomic E-state index is 10.7. The van der Waals surface area contributed by atoms with Crippen LogP contribution in [-0.2, 0) is 4.79 Å². The Kier molecular flexibility index (Phi) is 28.9. The largest absolute Gasteiger partial charge is 0.361 e. The fourth-order valence-electron chi connectivity index (χ4n) is 1.03. The van der Waals surface area contributed by atoms with E-state index < -0.39 is 12.2 Å². The van der Waals surface area contributed by atoms with Crippen molar-refractivity contribution in [3.63, 3.8) is 0 Å². The first-order chi connectivity index (χ1) is 7.18. The van der Waals surface area contributed by atoms with Crippen LogP contribution in [0.1, 0.15) is 19.3 Å². The summed E-state index contributed by atoms with van der Waals surface area (Å²) < 4.78 is 0. The van der Waals surface area contributed by atoms with Crippen LogP contribution in [0.4, 0.5) is 0 Å². The molecule has 0 aromatic carbocycles. The lowest BCUT2D eigenvalue weighted by atomic mass is 10.3. The molecule has 0 bridgehead atoms. The number of hydrogen-bond donors (Lipinski definition) is 5. The van der Waals surface area contributed by atoms with Gasteiger partial charge in [-0.2, -0.15) is 0 Å². The number of halogens is 3. The lowest BCUT2D eigenvalue weighted by Crippen LogP contribution is -2.35. The van der Waals surface area contributed by atoms with Gasteiger partial charge in [0, 0.05) is 6.54 Å². The third kappa shape index (κ3) is 18.5. The van der Waals surface area contributed by atoms with Gasteiger partial charge >= 0.3 is 0 Å². The second-order valence-corrected chi connectivity index (χ2v) is 3.26. The molecule has 0 radical (unpaired) electrons. The molecule has 0 aliphatic rings. The first-order valence-corrected chi connectivity index (χ1v) is 5.23. The third-order valence-corrected chi connectivity index (χ3v) is 1.87. The molecule has 6 nitrogen and oxygen atoms in total. The lowest BCUT2D eigenvalue weighted by Gasteiger charge is -2.06. The van der Waals surface area contributed by atoms with Crippen LogP contribution >= 0.6 is 37.2 Å². The molecule has 0 heterocycles. The molecule has 0 fully saturated rings. The van der Waals surface area contributed by atoms with Crippen molar-refractivity contribution in [1.82, 2.24) is 10.6 Å². The van der Waals surface area contributed by atoms with Gasteiger partial charge in [-0.15, -0.1) is 37.2 Å². The third-order valence-electron chi connectivity index (χ3n) is 1.87. The molecule has 0 atom stereocenters. The number of nitrogens with one attached hydrogen (secondary N) is 2. The molecular weight excluding hydrogens is 304 g/mol. The number of hydrogen-bond acceptors (Lipinski definition) is 5. The molecule has 18 heavy (non-hydrogen) atoms. The van der Waals surface area contributed by atoms with Gasteiger partial charge in [-0.05, 0) is 38.9 Å². The van der Waals surface area contributed by atoms with Crippen molar-refractivity contribution in [1.29, 1.82) is 0 Å². The van der Waals surface area contributed by atoms with Crippen LogP contribution in [0.3, 0.4) is 0 Å². The molecule has 0 aromatic rings.